The largest absolute Gasteiger partial charge is 0.487 e. The van der Waals surface area contributed by atoms with Gasteiger partial charge in [0.2, 0.25) is 0 Å². The second kappa shape index (κ2) is 18.7. The molecule has 0 radical (unpaired) electrons. The van der Waals surface area contributed by atoms with Gasteiger partial charge in [-0.25, -0.2) is 9.97 Å². The van der Waals surface area contributed by atoms with E-state index in [-0.39, 0.29) is 11.8 Å². The highest BCUT2D eigenvalue weighted by atomic mass is 16.5. The molecule has 0 aliphatic carbocycles. The molecule has 0 aliphatic heterocycles. The first-order valence-corrected chi connectivity index (χ1v) is 18.5. The van der Waals surface area contributed by atoms with Crippen molar-refractivity contribution < 1.29 is 19.1 Å². The SMILES string of the molecule is Cc1ccc(-c2ncc[nH]2)cc1NC(=O)c1ccc(OCc2ccccn2)cc1.Cc1ccc(-c2ncc[nH]2)cc1NC(=O)c1ccc(OCc2ccccn2)cc1. The maximum atomic E-state index is 12.7. The second-order valence-electron chi connectivity index (χ2n) is 13.1. The van der Waals surface area contributed by atoms with Crippen molar-refractivity contribution in [2.24, 2.45) is 0 Å². The number of hydrogen-bond donors (Lipinski definition) is 4. The van der Waals surface area contributed by atoms with Gasteiger partial charge in [-0.2, -0.15) is 0 Å². The first-order chi connectivity index (χ1) is 28.4. The lowest BCUT2D eigenvalue weighted by molar-refractivity contribution is 0.101. The average molecular weight is 769 g/mol. The Hall–Kier alpha value is -7.86. The van der Waals surface area contributed by atoms with Gasteiger partial charge in [-0.15, -0.1) is 0 Å². The number of aryl methyl sites for hydroxylation is 2. The quantitative estimate of drug-likeness (QED) is 0.0957. The number of anilines is 2. The molecule has 12 nitrogen and oxygen atoms in total. The highest BCUT2D eigenvalue weighted by Crippen LogP contribution is 2.26. The van der Waals surface area contributed by atoms with Crippen molar-refractivity contribution in [3.05, 3.63) is 192 Å². The van der Waals surface area contributed by atoms with Gasteiger partial charge in [0.15, 0.2) is 0 Å². The molecule has 4 N–H and O–H groups in total. The summed E-state index contributed by atoms with van der Waals surface area (Å²) >= 11 is 0. The number of pyridine rings is 2. The number of benzene rings is 4. The van der Waals surface area contributed by atoms with E-state index in [0.29, 0.717) is 35.8 Å². The summed E-state index contributed by atoms with van der Waals surface area (Å²) in [7, 11) is 0. The number of aromatic nitrogens is 6. The number of hydrogen-bond acceptors (Lipinski definition) is 8. The number of amides is 2. The molecule has 2 amide bonds. The van der Waals surface area contributed by atoms with Crippen LogP contribution in [0.2, 0.25) is 0 Å². The third-order valence-electron chi connectivity index (χ3n) is 8.97. The zero-order valence-electron chi connectivity index (χ0n) is 31.8. The Morgan fingerprint density at radius 1 is 0.517 bits per heavy atom. The van der Waals surface area contributed by atoms with Crippen LogP contribution in [0.25, 0.3) is 22.8 Å². The van der Waals surface area contributed by atoms with Crippen LogP contribution in [0.15, 0.2) is 159 Å². The van der Waals surface area contributed by atoms with E-state index < -0.39 is 0 Å². The number of ether oxygens (including phenoxy) is 2. The number of carbonyl (C=O) groups excluding carboxylic acids is 2. The maximum absolute atomic E-state index is 12.7. The standard InChI is InChI=1S/2C23H20N4O2/c2*1-16-5-6-18(22-25-12-13-26-22)14-21(16)27-23(28)17-7-9-20(10-8-17)29-15-19-4-2-3-11-24-19/h2*2-14H,15H2,1H3,(H,25,26)(H,27,28). The Kier molecular flexibility index (Phi) is 12.4. The maximum Gasteiger partial charge on any atom is 0.255 e. The molecular weight excluding hydrogens is 729 g/mol. The average Bonchev–Trinajstić information content (AvgIpc) is 4.02. The minimum atomic E-state index is -0.180. The van der Waals surface area contributed by atoms with Crippen LogP contribution in [-0.4, -0.2) is 41.7 Å². The second-order valence-corrected chi connectivity index (χ2v) is 13.1. The molecule has 0 spiro atoms. The summed E-state index contributed by atoms with van der Waals surface area (Å²) in [5, 5.41) is 5.95. The van der Waals surface area contributed by atoms with Crippen molar-refractivity contribution in [1.82, 2.24) is 29.9 Å². The van der Waals surface area contributed by atoms with Gasteiger partial charge in [-0.05, 0) is 110 Å². The molecule has 4 aromatic carbocycles. The molecule has 0 unspecified atom stereocenters. The lowest BCUT2D eigenvalue weighted by Crippen LogP contribution is -2.12. The van der Waals surface area contributed by atoms with Crippen LogP contribution < -0.4 is 20.1 Å². The number of carbonyl (C=O) groups is 2. The number of imidazole rings is 2. The van der Waals surface area contributed by atoms with Crippen molar-refractivity contribution in [3.63, 3.8) is 0 Å². The minimum absolute atomic E-state index is 0.180. The first kappa shape index (κ1) is 38.4. The first-order valence-electron chi connectivity index (χ1n) is 18.5. The van der Waals surface area contributed by atoms with E-state index in [1.165, 1.54) is 0 Å². The van der Waals surface area contributed by atoms with Crippen LogP contribution in [0.3, 0.4) is 0 Å². The van der Waals surface area contributed by atoms with Crippen LogP contribution in [0.1, 0.15) is 43.2 Å². The normalized spacial score (nSPS) is 10.5. The van der Waals surface area contributed by atoms with Crippen molar-refractivity contribution >= 4 is 23.2 Å². The number of rotatable bonds is 12. The fraction of sp³-hybridized carbons (Fsp3) is 0.0870. The molecule has 0 atom stereocenters. The fourth-order valence-electron chi connectivity index (χ4n) is 5.73. The minimum Gasteiger partial charge on any atom is -0.487 e. The summed E-state index contributed by atoms with van der Waals surface area (Å²) in [5.41, 5.74) is 8.08. The van der Waals surface area contributed by atoms with E-state index >= 15 is 0 Å². The van der Waals surface area contributed by atoms with Crippen LogP contribution in [-0.2, 0) is 13.2 Å². The predicted molar refractivity (Wildman–Crippen MR) is 223 cm³/mol. The van der Waals surface area contributed by atoms with Crippen molar-refractivity contribution in [2.75, 3.05) is 10.6 Å². The van der Waals surface area contributed by atoms with Gasteiger partial charge in [0.25, 0.3) is 11.8 Å². The van der Waals surface area contributed by atoms with Crippen LogP contribution in [0.5, 0.6) is 11.5 Å². The molecule has 4 aromatic heterocycles. The molecule has 12 heteroatoms. The van der Waals surface area contributed by atoms with E-state index in [9.17, 15) is 9.59 Å². The topological polar surface area (TPSA) is 160 Å². The fourth-order valence-corrected chi connectivity index (χ4v) is 5.73. The van der Waals surface area contributed by atoms with E-state index in [1.807, 2.05) is 86.6 Å². The third-order valence-corrected chi connectivity index (χ3v) is 8.97. The van der Waals surface area contributed by atoms with E-state index in [2.05, 4.69) is 40.5 Å². The Morgan fingerprint density at radius 2 is 0.948 bits per heavy atom. The van der Waals surface area contributed by atoms with E-state index in [0.717, 1.165) is 56.7 Å². The number of nitrogens with zero attached hydrogens (tertiary/aromatic N) is 4. The summed E-state index contributed by atoms with van der Waals surface area (Å²) in [5.74, 6) is 2.53. The van der Waals surface area contributed by atoms with Gasteiger partial charge in [0.1, 0.15) is 36.4 Å². The van der Waals surface area contributed by atoms with Gasteiger partial charge in [0.05, 0.1) is 11.4 Å². The van der Waals surface area contributed by atoms with Gasteiger partial charge in [-0.1, -0.05) is 36.4 Å². The highest BCUT2D eigenvalue weighted by molar-refractivity contribution is 6.05. The lowest BCUT2D eigenvalue weighted by atomic mass is 10.1. The monoisotopic (exact) mass is 768 g/mol. The predicted octanol–water partition coefficient (Wildman–Crippen LogP) is 9.22. The van der Waals surface area contributed by atoms with Crippen LogP contribution in [0, 0.1) is 13.8 Å². The molecule has 8 aromatic rings. The summed E-state index contributed by atoms with van der Waals surface area (Å²) in [6.45, 7) is 4.67. The molecular formula is C46H40N8O4. The van der Waals surface area contributed by atoms with Gasteiger partial charge in [0, 0.05) is 70.8 Å². The molecule has 0 aliphatic rings. The summed E-state index contributed by atoms with van der Waals surface area (Å²) in [6, 6.07) is 37.2. The summed E-state index contributed by atoms with van der Waals surface area (Å²) in [4.78, 5) is 48.4. The summed E-state index contributed by atoms with van der Waals surface area (Å²) < 4.78 is 11.4. The third kappa shape index (κ3) is 10.3. The van der Waals surface area contributed by atoms with Crippen molar-refractivity contribution in [2.45, 2.75) is 27.1 Å². The number of nitrogens with one attached hydrogen (secondary N) is 4. The smallest absolute Gasteiger partial charge is 0.255 e. The number of aromatic amines is 2. The molecule has 4 heterocycles. The van der Waals surface area contributed by atoms with Crippen LogP contribution in [0.4, 0.5) is 11.4 Å². The molecule has 0 bridgehead atoms. The van der Waals surface area contributed by atoms with Crippen molar-refractivity contribution in [3.8, 4) is 34.3 Å². The van der Waals surface area contributed by atoms with Crippen molar-refractivity contribution in [1.29, 1.82) is 0 Å². The lowest BCUT2D eigenvalue weighted by Gasteiger charge is -2.11. The molecule has 0 saturated heterocycles. The van der Waals surface area contributed by atoms with Gasteiger partial charge in [-0.3, -0.25) is 19.6 Å². The Balaban J connectivity index is 0.000000177. The van der Waals surface area contributed by atoms with Gasteiger partial charge < -0.3 is 30.1 Å². The molecule has 58 heavy (non-hydrogen) atoms. The molecule has 288 valence electrons. The summed E-state index contributed by atoms with van der Waals surface area (Å²) in [6.07, 6.45) is 10.4. The van der Waals surface area contributed by atoms with E-state index in [1.54, 1.807) is 85.7 Å². The molecule has 0 saturated carbocycles. The van der Waals surface area contributed by atoms with Crippen LogP contribution >= 0.6 is 0 Å². The molecule has 0 fully saturated rings. The Morgan fingerprint density at radius 3 is 1.31 bits per heavy atom. The highest BCUT2D eigenvalue weighted by Gasteiger charge is 2.12. The number of H-pyrrole nitrogens is 2. The Bertz CT molecular complexity index is 2360. The molecule has 8 rings (SSSR count). The zero-order chi connectivity index (χ0) is 40.1. The van der Waals surface area contributed by atoms with Gasteiger partial charge >= 0.3 is 0 Å². The van der Waals surface area contributed by atoms with E-state index in [4.69, 9.17) is 9.47 Å². The zero-order valence-corrected chi connectivity index (χ0v) is 31.8. The Labute approximate surface area is 335 Å².